The first kappa shape index (κ1) is 27.0. The average molecular weight is 515 g/mol. The molecule has 2 N–H and O–H groups in total. The number of unbranched alkanes of at least 4 members (excludes halogenated alkanes) is 1. The van der Waals surface area contributed by atoms with E-state index < -0.39 is 11.7 Å². The third-order valence-electron chi connectivity index (χ3n) is 5.97. The fraction of sp³-hybridized carbons (Fsp3) is 0.500. The van der Waals surface area contributed by atoms with Crippen molar-refractivity contribution >= 4 is 23.3 Å². The molecule has 11 heteroatoms. The first-order chi connectivity index (χ1) is 16.7. The molecule has 1 aliphatic rings. The van der Waals surface area contributed by atoms with E-state index in [4.69, 9.17) is 21.1 Å². The number of likely N-dealkylation sites (tertiary alicyclic amines) is 1. The number of halogens is 4. The largest absolute Gasteiger partial charge is 0.496 e. The lowest BCUT2D eigenvalue weighted by Crippen LogP contribution is -2.54. The number of nitrogens with one attached hydrogen (secondary N) is 2. The number of para-hydroxylation sites is 1. The molecular formula is C24H30ClF3N4O3. The number of hydrogen-bond acceptors (Lipinski definition) is 6. The molecule has 0 spiro atoms. The molecule has 1 aromatic heterocycles. The van der Waals surface area contributed by atoms with E-state index >= 15 is 0 Å². The molecule has 2 heterocycles. The van der Waals surface area contributed by atoms with Gasteiger partial charge in [-0.3, -0.25) is 4.79 Å². The van der Waals surface area contributed by atoms with Crippen LogP contribution in [0.2, 0.25) is 5.02 Å². The van der Waals surface area contributed by atoms with Crippen LogP contribution < -0.4 is 15.4 Å². The Balaban J connectivity index is 1.44. The number of alkyl halides is 3. The van der Waals surface area contributed by atoms with Gasteiger partial charge in [0.1, 0.15) is 11.6 Å². The van der Waals surface area contributed by atoms with Crippen molar-refractivity contribution in [3.05, 3.63) is 52.7 Å². The molecule has 1 aliphatic heterocycles. The standard InChI is InChI=1S/C24H30ClF3N4O3/c1-34-20-8-4-3-7-17(20)23(33)31-19-9-12-32(15-21(19)35-2)11-6-5-10-29-22-18(24(26,27)28)13-16(25)14-30-22/h3-4,7-8,13-14,19,21H,5-6,9-12,15H2,1-2H3,(H,29,30)(H,31,33). The highest BCUT2D eigenvalue weighted by atomic mass is 35.5. The number of hydrogen-bond donors (Lipinski definition) is 2. The van der Waals surface area contributed by atoms with Gasteiger partial charge < -0.3 is 25.0 Å². The number of carbonyl (C=O) groups is 1. The van der Waals surface area contributed by atoms with Gasteiger partial charge in [-0.2, -0.15) is 13.2 Å². The lowest BCUT2D eigenvalue weighted by atomic mass is 10.0. The number of methoxy groups -OCH3 is 2. The Morgan fingerprint density at radius 3 is 2.74 bits per heavy atom. The zero-order chi connectivity index (χ0) is 25.4. The lowest BCUT2D eigenvalue weighted by Gasteiger charge is -2.38. The third-order valence-corrected chi connectivity index (χ3v) is 6.17. The van der Waals surface area contributed by atoms with Crippen molar-refractivity contribution in [1.82, 2.24) is 15.2 Å². The van der Waals surface area contributed by atoms with Crippen LogP contribution in [0.4, 0.5) is 19.0 Å². The predicted molar refractivity (Wildman–Crippen MR) is 128 cm³/mol. The molecule has 2 atom stereocenters. The van der Waals surface area contributed by atoms with E-state index in [-0.39, 0.29) is 28.9 Å². The monoisotopic (exact) mass is 514 g/mol. The minimum Gasteiger partial charge on any atom is -0.496 e. The van der Waals surface area contributed by atoms with Crippen LogP contribution in [-0.4, -0.2) is 68.3 Å². The molecule has 35 heavy (non-hydrogen) atoms. The second-order valence-electron chi connectivity index (χ2n) is 8.33. The van der Waals surface area contributed by atoms with Gasteiger partial charge in [0.2, 0.25) is 0 Å². The highest BCUT2D eigenvalue weighted by Crippen LogP contribution is 2.35. The molecule has 1 aromatic carbocycles. The minimum absolute atomic E-state index is 0.0573. The number of aromatic nitrogens is 1. The first-order valence-electron chi connectivity index (χ1n) is 11.4. The lowest BCUT2D eigenvalue weighted by molar-refractivity contribution is -0.137. The van der Waals surface area contributed by atoms with Gasteiger partial charge in [0.25, 0.3) is 5.91 Å². The summed E-state index contributed by atoms with van der Waals surface area (Å²) in [5, 5.41) is 5.77. The number of benzene rings is 1. The van der Waals surface area contributed by atoms with E-state index in [0.29, 0.717) is 30.8 Å². The summed E-state index contributed by atoms with van der Waals surface area (Å²) < 4.78 is 50.4. The van der Waals surface area contributed by atoms with Gasteiger partial charge in [-0.1, -0.05) is 23.7 Å². The number of amides is 1. The number of nitrogens with zero attached hydrogens (tertiary/aromatic N) is 2. The number of rotatable bonds is 10. The van der Waals surface area contributed by atoms with Crippen molar-refractivity contribution < 1.29 is 27.4 Å². The number of pyridine rings is 1. The summed E-state index contributed by atoms with van der Waals surface area (Å²) in [6.07, 6.45) is -1.32. The quantitative estimate of drug-likeness (QED) is 0.456. The molecule has 3 rings (SSSR count). The summed E-state index contributed by atoms with van der Waals surface area (Å²) in [5.41, 5.74) is -0.395. The number of anilines is 1. The van der Waals surface area contributed by atoms with Crippen LogP contribution >= 0.6 is 11.6 Å². The Bertz CT molecular complexity index is 993. The van der Waals surface area contributed by atoms with E-state index in [1.807, 2.05) is 6.07 Å². The molecular weight excluding hydrogens is 485 g/mol. The van der Waals surface area contributed by atoms with Crippen molar-refractivity contribution in [2.75, 3.05) is 45.7 Å². The van der Waals surface area contributed by atoms with E-state index in [9.17, 15) is 18.0 Å². The van der Waals surface area contributed by atoms with Crippen LogP contribution in [0.1, 0.15) is 35.2 Å². The highest BCUT2D eigenvalue weighted by molar-refractivity contribution is 6.30. The molecule has 192 valence electrons. The van der Waals surface area contributed by atoms with Gasteiger partial charge in [-0.05, 0) is 44.0 Å². The molecule has 0 saturated carbocycles. The van der Waals surface area contributed by atoms with Crippen molar-refractivity contribution in [3.8, 4) is 5.75 Å². The smallest absolute Gasteiger partial charge is 0.420 e. The molecule has 0 bridgehead atoms. The van der Waals surface area contributed by atoms with E-state index in [0.717, 1.165) is 32.0 Å². The minimum atomic E-state index is -4.53. The summed E-state index contributed by atoms with van der Waals surface area (Å²) in [4.78, 5) is 18.8. The summed E-state index contributed by atoms with van der Waals surface area (Å²) >= 11 is 5.66. The SMILES string of the molecule is COc1ccccc1C(=O)NC1CCN(CCCCNc2ncc(Cl)cc2C(F)(F)F)CC1OC. The van der Waals surface area contributed by atoms with Gasteiger partial charge in [0.15, 0.2) is 0 Å². The first-order valence-corrected chi connectivity index (χ1v) is 11.8. The van der Waals surface area contributed by atoms with Crippen LogP contribution in [0, 0.1) is 0 Å². The predicted octanol–water partition coefficient (Wildman–Crippen LogP) is 4.47. The van der Waals surface area contributed by atoms with Crippen LogP contribution in [0.5, 0.6) is 5.75 Å². The molecule has 1 saturated heterocycles. The van der Waals surface area contributed by atoms with E-state index in [2.05, 4.69) is 20.5 Å². The topological polar surface area (TPSA) is 75.7 Å². The maximum atomic E-state index is 13.2. The Morgan fingerprint density at radius 1 is 1.26 bits per heavy atom. The van der Waals surface area contributed by atoms with E-state index in [1.54, 1.807) is 25.3 Å². The van der Waals surface area contributed by atoms with Crippen LogP contribution in [0.25, 0.3) is 0 Å². The van der Waals surface area contributed by atoms with Gasteiger partial charge in [0, 0.05) is 32.9 Å². The maximum absolute atomic E-state index is 13.2. The van der Waals surface area contributed by atoms with Crippen molar-refractivity contribution in [1.29, 1.82) is 0 Å². The summed E-state index contributed by atoms with van der Waals surface area (Å²) in [6.45, 7) is 2.56. The van der Waals surface area contributed by atoms with Crippen LogP contribution in [0.3, 0.4) is 0 Å². The molecule has 2 aromatic rings. The highest BCUT2D eigenvalue weighted by Gasteiger charge is 2.35. The number of ether oxygens (including phenoxy) is 2. The zero-order valence-corrected chi connectivity index (χ0v) is 20.5. The number of carbonyl (C=O) groups excluding carboxylic acids is 1. The Labute approximate surface area is 207 Å². The molecule has 7 nitrogen and oxygen atoms in total. The van der Waals surface area contributed by atoms with Gasteiger partial charge in [0.05, 0.1) is 35.4 Å². The maximum Gasteiger partial charge on any atom is 0.420 e. The summed E-state index contributed by atoms with van der Waals surface area (Å²) in [5.74, 6) is 0.0946. The Hall–Kier alpha value is -2.56. The van der Waals surface area contributed by atoms with Gasteiger partial charge in [-0.25, -0.2) is 4.98 Å². The van der Waals surface area contributed by atoms with Gasteiger partial charge in [-0.15, -0.1) is 0 Å². The second kappa shape index (κ2) is 12.4. The Morgan fingerprint density at radius 2 is 2.03 bits per heavy atom. The summed E-state index contributed by atoms with van der Waals surface area (Å²) in [6, 6.07) is 7.80. The van der Waals surface area contributed by atoms with Crippen molar-refractivity contribution in [2.24, 2.45) is 0 Å². The Kier molecular flexibility index (Phi) is 9.59. The second-order valence-corrected chi connectivity index (χ2v) is 8.76. The fourth-order valence-electron chi connectivity index (χ4n) is 4.13. The molecule has 1 amide bonds. The average Bonchev–Trinajstić information content (AvgIpc) is 2.84. The van der Waals surface area contributed by atoms with Crippen molar-refractivity contribution in [2.45, 2.75) is 37.6 Å². The fourth-order valence-corrected chi connectivity index (χ4v) is 4.29. The van der Waals surface area contributed by atoms with Crippen molar-refractivity contribution in [3.63, 3.8) is 0 Å². The molecule has 0 radical (unpaired) electrons. The normalized spacial score (nSPS) is 18.8. The molecule has 1 fully saturated rings. The van der Waals surface area contributed by atoms with E-state index in [1.165, 1.54) is 13.3 Å². The molecule has 0 aliphatic carbocycles. The van der Waals surface area contributed by atoms with Crippen LogP contribution in [0.15, 0.2) is 36.5 Å². The third kappa shape index (κ3) is 7.46. The van der Waals surface area contributed by atoms with Gasteiger partial charge >= 0.3 is 6.18 Å². The zero-order valence-electron chi connectivity index (χ0n) is 19.7. The summed E-state index contributed by atoms with van der Waals surface area (Å²) in [7, 11) is 3.15. The number of piperidine rings is 1. The van der Waals surface area contributed by atoms with Crippen LogP contribution in [-0.2, 0) is 10.9 Å². The molecule has 2 unspecified atom stereocenters.